The van der Waals surface area contributed by atoms with Crippen LogP contribution in [0.2, 0.25) is 0 Å². The molecule has 0 aliphatic heterocycles. The summed E-state index contributed by atoms with van der Waals surface area (Å²) in [7, 11) is -4.03. The summed E-state index contributed by atoms with van der Waals surface area (Å²) in [5.74, 6) is -0.480. The number of hydrogen-bond donors (Lipinski definition) is 2. The van der Waals surface area contributed by atoms with Gasteiger partial charge in [-0.1, -0.05) is 30.0 Å². The fourth-order valence-corrected chi connectivity index (χ4v) is 3.62. The second kappa shape index (κ2) is 9.68. The van der Waals surface area contributed by atoms with Crippen LogP contribution in [0.5, 0.6) is 0 Å². The average molecular weight is 420 g/mol. The van der Waals surface area contributed by atoms with Crippen molar-refractivity contribution in [1.29, 1.82) is 0 Å². The van der Waals surface area contributed by atoms with Crippen molar-refractivity contribution in [3.8, 4) is 0 Å². The number of esters is 1. The SMILES string of the molecule is CC(=O)SC(C)(C)[C@H](N)C(=O)OC(C)(C)C.Cc1ccccc1S(=O)(=O)O. The van der Waals surface area contributed by atoms with Crippen LogP contribution >= 0.6 is 11.8 Å². The summed E-state index contributed by atoms with van der Waals surface area (Å²) in [6.07, 6.45) is 0. The molecule has 1 aromatic carbocycles. The molecule has 1 atom stereocenters. The molecule has 0 fully saturated rings. The van der Waals surface area contributed by atoms with Gasteiger partial charge in [0, 0.05) is 11.7 Å². The third-order valence-electron chi connectivity index (χ3n) is 3.19. The summed E-state index contributed by atoms with van der Waals surface area (Å²) in [5.41, 5.74) is 5.79. The van der Waals surface area contributed by atoms with E-state index in [0.717, 1.165) is 11.8 Å². The highest BCUT2D eigenvalue weighted by Gasteiger charge is 2.36. The van der Waals surface area contributed by atoms with Crippen molar-refractivity contribution in [2.45, 2.75) is 69.8 Å². The van der Waals surface area contributed by atoms with Gasteiger partial charge in [-0.05, 0) is 53.2 Å². The summed E-state index contributed by atoms with van der Waals surface area (Å²) < 4.78 is 34.4. The Labute approximate surface area is 165 Å². The van der Waals surface area contributed by atoms with Gasteiger partial charge < -0.3 is 10.5 Å². The molecule has 0 heterocycles. The van der Waals surface area contributed by atoms with Gasteiger partial charge >= 0.3 is 5.97 Å². The van der Waals surface area contributed by atoms with Crippen LogP contribution < -0.4 is 5.73 Å². The van der Waals surface area contributed by atoms with Gasteiger partial charge in [-0.3, -0.25) is 14.1 Å². The molecule has 0 amide bonds. The Morgan fingerprint density at radius 1 is 1.15 bits per heavy atom. The van der Waals surface area contributed by atoms with Gasteiger partial charge in [0.05, 0.1) is 4.90 Å². The molecular formula is C18H29NO6S2. The molecule has 0 saturated heterocycles. The van der Waals surface area contributed by atoms with Crippen molar-refractivity contribution in [2.24, 2.45) is 5.73 Å². The molecule has 0 aliphatic carbocycles. The van der Waals surface area contributed by atoms with Crippen LogP contribution in [0.3, 0.4) is 0 Å². The van der Waals surface area contributed by atoms with E-state index in [9.17, 15) is 18.0 Å². The third-order valence-corrected chi connectivity index (χ3v) is 5.27. The predicted octanol–water partition coefficient (Wildman–Crippen LogP) is 2.96. The Kier molecular flexibility index (Phi) is 9.17. The quantitative estimate of drug-likeness (QED) is 0.564. The summed E-state index contributed by atoms with van der Waals surface area (Å²) >= 11 is 1.05. The lowest BCUT2D eigenvalue weighted by Crippen LogP contribution is -2.49. The Balaban J connectivity index is 0.000000533. The van der Waals surface area contributed by atoms with Gasteiger partial charge in [0.25, 0.3) is 10.1 Å². The van der Waals surface area contributed by atoms with Gasteiger partial charge in [-0.2, -0.15) is 8.42 Å². The summed E-state index contributed by atoms with van der Waals surface area (Å²) in [5, 5.41) is -0.0657. The van der Waals surface area contributed by atoms with E-state index in [1.54, 1.807) is 59.7 Å². The second-order valence-corrected chi connectivity index (χ2v) is 10.7. The van der Waals surface area contributed by atoms with Gasteiger partial charge in [-0.15, -0.1) is 0 Å². The molecule has 0 bridgehead atoms. The first-order valence-corrected chi connectivity index (χ1v) is 10.4. The molecule has 0 aromatic heterocycles. The van der Waals surface area contributed by atoms with Crippen molar-refractivity contribution in [2.75, 3.05) is 0 Å². The molecule has 7 nitrogen and oxygen atoms in total. The Bertz CT molecular complexity index is 766. The highest BCUT2D eigenvalue weighted by molar-refractivity contribution is 8.14. The zero-order valence-corrected chi connectivity index (χ0v) is 18.4. The van der Waals surface area contributed by atoms with Crippen molar-refractivity contribution in [3.05, 3.63) is 29.8 Å². The van der Waals surface area contributed by atoms with E-state index >= 15 is 0 Å². The van der Waals surface area contributed by atoms with Crippen LogP contribution in [-0.4, -0.2) is 40.4 Å². The van der Waals surface area contributed by atoms with E-state index in [0.29, 0.717) is 5.56 Å². The highest BCUT2D eigenvalue weighted by Crippen LogP contribution is 2.29. The van der Waals surface area contributed by atoms with Crippen LogP contribution in [-0.2, 0) is 24.4 Å². The highest BCUT2D eigenvalue weighted by atomic mass is 32.2. The van der Waals surface area contributed by atoms with Crippen LogP contribution in [0.25, 0.3) is 0 Å². The summed E-state index contributed by atoms with van der Waals surface area (Å²) in [4.78, 5) is 22.7. The lowest BCUT2D eigenvalue weighted by atomic mass is 10.0. The first kappa shape index (κ1) is 25.6. The first-order valence-electron chi connectivity index (χ1n) is 8.18. The molecule has 0 unspecified atom stereocenters. The predicted molar refractivity (Wildman–Crippen MR) is 107 cm³/mol. The molecule has 154 valence electrons. The number of ether oxygens (including phenoxy) is 1. The number of carbonyl (C=O) groups excluding carboxylic acids is 2. The number of carbonyl (C=O) groups is 2. The zero-order valence-electron chi connectivity index (χ0n) is 16.8. The Morgan fingerprint density at radius 2 is 1.63 bits per heavy atom. The first-order chi connectivity index (χ1) is 12.0. The van der Waals surface area contributed by atoms with Crippen LogP contribution in [0.4, 0.5) is 0 Å². The smallest absolute Gasteiger partial charge is 0.324 e. The molecule has 0 spiro atoms. The van der Waals surface area contributed by atoms with Crippen molar-refractivity contribution < 1.29 is 27.3 Å². The topological polar surface area (TPSA) is 124 Å². The van der Waals surface area contributed by atoms with Crippen molar-refractivity contribution >= 4 is 33.0 Å². The zero-order chi connectivity index (χ0) is 21.6. The number of thioether (sulfide) groups is 1. The minimum absolute atomic E-state index is 0.0278. The number of benzene rings is 1. The molecule has 0 aliphatic rings. The van der Waals surface area contributed by atoms with E-state index in [4.69, 9.17) is 15.0 Å². The number of nitrogens with two attached hydrogens (primary N) is 1. The summed E-state index contributed by atoms with van der Waals surface area (Å²) in [6.45, 7) is 11.9. The van der Waals surface area contributed by atoms with Crippen LogP contribution in [0, 0.1) is 6.92 Å². The van der Waals surface area contributed by atoms with Crippen molar-refractivity contribution in [1.82, 2.24) is 0 Å². The normalized spacial score (nSPS) is 13.2. The Hall–Kier alpha value is -1.42. The van der Waals surface area contributed by atoms with E-state index in [-0.39, 0.29) is 10.0 Å². The standard InChI is InChI=1S/C11H21NO3S.C7H8O3S/c1-7(13)16-11(5,6)8(12)9(14)15-10(2,3)4;1-6-4-2-3-5-7(6)11(8,9)10/h8H,12H2,1-6H3;2-5H,1H3,(H,8,9,10)/t8-;/m1./s1. The van der Waals surface area contributed by atoms with Crippen molar-refractivity contribution in [3.63, 3.8) is 0 Å². The maximum atomic E-state index is 11.7. The lowest BCUT2D eigenvalue weighted by Gasteiger charge is -2.30. The van der Waals surface area contributed by atoms with Crippen LogP contribution in [0.15, 0.2) is 29.2 Å². The molecule has 27 heavy (non-hydrogen) atoms. The fraction of sp³-hybridized carbons (Fsp3) is 0.556. The van der Waals surface area contributed by atoms with Gasteiger partial charge in [0.1, 0.15) is 11.6 Å². The average Bonchev–Trinajstić information content (AvgIpc) is 2.43. The van der Waals surface area contributed by atoms with E-state index < -0.39 is 32.5 Å². The number of aryl methyl sites for hydroxylation is 1. The van der Waals surface area contributed by atoms with Gasteiger partial charge in [0.15, 0.2) is 5.12 Å². The molecule has 3 N–H and O–H groups in total. The minimum Gasteiger partial charge on any atom is -0.459 e. The largest absolute Gasteiger partial charge is 0.459 e. The molecular weight excluding hydrogens is 390 g/mol. The number of hydrogen-bond acceptors (Lipinski definition) is 7. The monoisotopic (exact) mass is 419 g/mol. The van der Waals surface area contributed by atoms with E-state index in [1.807, 2.05) is 0 Å². The third kappa shape index (κ3) is 9.90. The molecule has 1 rings (SSSR count). The number of rotatable bonds is 4. The van der Waals surface area contributed by atoms with Gasteiger partial charge in [-0.25, -0.2) is 0 Å². The van der Waals surface area contributed by atoms with Crippen LogP contribution in [0.1, 0.15) is 47.1 Å². The molecule has 1 aromatic rings. The Morgan fingerprint density at radius 3 is 1.96 bits per heavy atom. The molecule has 9 heteroatoms. The molecule has 0 radical (unpaired) electrons. The maximum Gasteiger partial charge on any atom is 0.324 e. The van der Waals surface area contributed by atoms with E-state index in [2.05, 4.69) is 0 Å². The van der Waals surface area contributed by atoms with Gasteiger partial charge in [0.2, 0.25) is 0 Å². The van der Waals surface area contributed by atoms with E-state index in [1.165, 1.54) is 13.0 Å². The maximum absolute atomic E-state index is 11.7. The molecule has 0 saturated carbocycles. The summed E-state index contributed by atoms with van der Waals surface area (Å²) in [6, 6.07) is 5.45. The fourth-order valence-electron chi connectivity index (χ4n) is 1.93. The minimum atomic E-state index is -4.03. The lowest BCUT2D eigenvalue weighted by molar-refractivity contribution is -0.157. The second-order valence-electron chi connectivity index (χ2n) is 7.45.